The summed E-state index contributed by atoms with van der Waals surface area (Å²) in [5.41, 5.74) is 2.07. The second-order valence-corrected chi connectivity index (χ2v) is 8.49. The molecule has 0 atom stereocenters. The molecular weight excluding hydrogens is 386 g/mol. The number of sulfonamides is 1. The molecule has 3 N–H and O–H groups in total. The van der Waals surface area contributed by atoms with Crippen molar-refractivity contribution in [2.45, 2.75) is 11.8 Å². The standard InChI is InChI=1S/C18H21N3O4S2/c1-13-2-7-16(17(22)12-13)20-18(26)19-14-3-5-15(6-4-14)27(23,24)21-8-10-25-11-9-21/h2-7,12,22H,8-11H2,1H3,(H2,19,20,26). The van der Waals surface area contributed by atoms with Gasteiger partial charge in [-0.15, -0.1) is 0 Å². The number of hydrogen-bond donors (Lipinski definition) is 3. The van der Waals surface area contributed by atoms with E-state index in [9.17, 15) is 13.5 Å². The van der Waals surface area contributed by atoms with Gasteiger partial charge in [0.1, 0.15) is 5.75 Å². The fraction of sp³-hybridized carbons (Fsp3) is 0.278. The summed E-state index contributed by atoms with van der Waals surface area (Å²) in [6, 6.07) is 11.6. The van der Waals surface area contributed by atoms with Gasteiger partial charge in [0.2, 0.25) is 10.0 Å². The third kappa shape index (κ3) is 4.75. The van der Waals surface area contributed by atoms with Gasteiger partial charge < -0.3 is 20.5 Å². The summed E-state index contributed by atoms with van der Waals surface area (Å²) >= 11 is 5.25. The van der Waals surface area contributed by atoms with E-state index in [4.69, 9.17) is 17.0 Å². The van der Waals surface area contributed by atoms with Crippen molar-refractivity contribution in [1.82, 2.24) is 4.31 Å². The number of phenols is 1. The number of phenolic OH excluding ortho intramolecular Hbond substituents is 1. The highest BCUT2D eigenvalue weighted by Gasteiger charge is 2.26. The van der Waals surface area contributed by atoms with Crippen molar-refractivity contribution in [2.75, 3.05) is 36.9 Å². The molecule has 3 rings (SSSR count). The fourth-order valence-corrected chi connectivity index (χ4v) is 4.31. The Morgan fingerprint density at radius 1 is 1.11 bits per heavy atom. The van der Waals surface area contributed by atoms with Gasteiger partial charge in [0.15, 0.2) is 5.11 Å². The van der Waals surface area contributed by atoms with Crippen molar-refractivity contribution >= 4 is 38.7 Å². The molecule has 1 aliphatic rings. The van der Waals surface area contributed by atoms with E-state index in [1.165, 1.54) is 4.31 Å². The number of morpholine rings is 1. The molecule has 0 saturated carbocycles. The molecule has 0 unspecified atom stereocenters. The molecular formula is C18H21N3O4S2. The van der Waals surface area contributed by atoms with Crippen LogP contribution in [-0.4, -0.2) is 49.2 Å². The van der Waals surface area contributed by atoms with E-state index in [0.717, 1.165) is 5.56 Å². The first-order valence-electron chi connectivity index (χ1n) is 8.42. The van der Waals surface area contributed by atoms with Crippen molar-refractivity contribution in [3.63, 3.8) is 0 Å². The number of ether oxygens (including phenoxy) is 1. The third-order valence-corrected chi connectivity index (χ3v) is 6.24. The van der Waals surface area contributed by atoms with Crippen LogP contribution >= 0.6 is 12.2 Å². The van der Waals surface area contributed by atoms with Crippen LogP contribution in [0.3, 0.4) is 0 Å². The van der Waals surface area contributed by atoms with Crippen LogP contribution in [0.2, 0.25) is 0 Å². The van der Waals surface area contributed by atoms with Crippen molar-refractivity contribution in [1.29, 1.82) is 0 Å². The minimum Gasteiger partial charge on any atom is -0.506 e. The van der Waals surface area contributed by atoms with Crippen LogP contribution < -0.4 is 10.6 Å². The van der Waals surface area contributed by atoms with Crippen LogP contribution in [0.5, 0.6) is 5.75 Å². The summed E-state index contributed by atoms with van der Waals surface area (Å²) in [7, 11) is -3.52. The van der Waals surface area contributed by atoms with Crippen molar-refractivity contribution in [2.24, 2.45) is 0 Å². The lowest BCUT2D eigenvalue weighted by Crippen LogP contribution is -2.40. The Balaban J connectivity index is 1.65. The van der Waals surface area contributed by atoms with Gasteiger partial charge in [0, 0.05) is 18.8 Å². The maximum Gasteiger partial charge on any atom is 0.243 e. The summed E-state index contributed by atoms with van der Waals surface area (Å²) in [4.78, 5) is 0.227. The molecule has 7 nitrogen and oxygen atoms in total. The number of thiocarbonyl (C=S) groups is 1. The number of nitrogens with one attached hydrogen (secondary N) is 2. The summed E-state index contributed by atoms with van der Waals surface area (Å²) in [6.45, 7) is 3.41. The Bertz CT molecular complexity index is 924. The highest BCUT2D eigenvalue weighted by Crippen LogP contribution is 2.24. The van der Waals surface area contributed by atoms with Gasteiger partial charge in [0.25, 0.3) is 0 Å². The minimum absolute atomic E-state index is 0.103. The third-order valence-electron chi connectivity index (χ3n) is 4.12. The van der Waals surface area contributed by atoms with Gasteiger partial charge >= 0.3 is 0 Å². The van der Waals surface area contributed by atoms with Crippen molar-refractivity contribution in [3.8, 4) is 5.75 Å². The molecule has 1 aliphatic heterocycles. The number of nitrogens with zero attached hydrogens (tertiary/aromatic N) is 1. The van der Waals surface area contributed by atoms with Gasteiger partial charge in [-0.1, -0.05) is 6.07 Å². The molecule has 1 heterocycles. The van der Waals surface area contributed by atoms with Crippen LogP contribution in [0, 0.1) is 6.92 Å². The number of anilines is 2. The highest BCUT2D eigenvalue weighted by atomic mass is 32.2. The first-order chi connectivity index (χ1) is 12.9. The molecule has 0 bridgehead atoms. The quantitative estimate of drug-likeness (QED) is 0.530. The van der Waals surface area contributed by atoms with E-state index in [1.807, 2.05) is 13.0 Å². The van der Waals surface area contributed by atoms with Crippen molar-refractivity contribution in [3.05, 3.63) is 48.0 Å². The second kappa shape index (κ2) is 8.22. The van der Waals surface area contributed by atoms with E-state index < -0.39 is 10.0 Å². The molecule has 144 valence electrons. The Morgan fingerprint density at radius 2 is 1.78 bits per heavy atom. The SMILES string of the molecule is Cc1ccc(NC(=S)Nc2ccc(S(=O)(=O)N3CCOCC3)cc2)c(O)c1. The monoisotopic (exact) mass is 407 g/mol. The van der Waals surface area contributed by atoms with Crippen LogP contribution in [0.1, 0.15) is 5.56 Å². The lowest BCUT2D eigenvalue weighted by molar-refractivity contribution is 0.0730. The smallest absolute Gasteiger partial charge is 0.243 e. The number of aryl methyl sites for hydroxylation is 1. The molecule has 0 aromatic heterocycles. The largest absolute Gasteiger partial charge is 0.506 e. The average molecular weight is 408 g/mol. The van der Waals surface area contributed by atoms with Crippen LogP contribution in [0.15, 0.2) is 47.4 Å². The summed E-state index contributed by atoms with van der Waals surface area (Å²) in [5, 5.41) is 16.1. The topological polar surface area (TPSA) is 90.9 Å². The molecule has 2 aromatic carbocycles. The summed E-state index contributed by atoms with van der Waals surface area (Å²) in [6.07, 6.45) is 0. The zero-order valence-corrected chi connectivity index (χ0v) is 16.4. The minimum atomic E-state index is -3.52. The first-order valence-corrected chi connectivity index (χ1v) is 10.3. The maximum absolute atomic E-state index is 12.6. The maximum atomic E-state index is 12.6. The molecule has 9 heteroatoms. The van der Waals surface area contributed by atoms with E-state index in [0.29, 0.717) is 37.7 Å². The van der Waals surface area contributed by atoms with Crippen LogP contribution in [0.25, 0.3) is 0 Å². The van der Waals surface area contributed by atoms with Gasteiger partial charge in [-0.25, -0.2) is 8.42 Å². The van der Waals surface area contributed by atoms with Gasteiger partial charge in [-0.3, -0.25) is 0 Å². The van der Waals surface area contributed by atoms with E-state index in [-0.39, 0.29) is 15.8 Å². The fourth-order valence-electron chi connectivity index (χ4n) is 2.68. The molecule has 0 spiro atoms. The number of hydrogen-bond acceptors (Lipinski definition) is 5. The van der Waals surface area contributed by atoms with Crippen LogP contribution in [0.4, 0.5) is 11.4 Å². The predicted molar refractivity (Wildman–Crippen MR) is 109 cm³/mol. The number of aromatic hydroxyl groups is 1. The lowest BCUT2D eigenvalue weighted by atomic mass is 10.2. The number of rotatable bonds is 4. The first kappa shape index (κ1) is 19.6. The van der Waals surface area contributed by atoms with Crippen molar-refractivity contribution < 1.29 is 18.3 Å². The van der Waals surface area contributed by atoms with E-state index >= 15 is 0 Å². The molecule has 27 heavy (non-hydrogen) atoms. The Morgan fingerprint density at radius 3 is 2.41 bits per heavy atom. The normalized spacial score (nSPS) is 15.3. The van der Waals surface area contributed by atoms with Crippen LogP contribution in [-0.2, 0) is 14.8 Å². The molecule has 0 aliphatic carbocycles. The van der Waals surface area contributed by atoms with E-state index in [2.05, 4.69) is 10.6 Å². The van der Waals surface area contributed by atoms with E-state index in [1.54, 1.807) is 36.4 Å². The Hall–Kier alpha value is -2.20. The Kier molecular flexibility index (Phi) is 5.95. The van der Waals surface area contributed by atoms with Gasteiger partial charge in [0.05, 0.1) is 23.8 Å². The van der Waals surface area contributed by atoms with Gasteiger partial charge in [-0.05, 0) is 61.1 Å². The van der Waals surface area contributed by atoms with Gasteiger partial charge in [-0.2, -0.15) is 4.31 Å². The predicted octanol–water partition coefficient (Wildman–Crippen LogP) is 2.53. The zero-order valence-electron chi connectivity index (χ0n) is 14.8. The molecule has 1 saturated heterocycles. The Labute approximate surface area is 164 Å². The zero-order chi connectivity index (χ0) is 19.4. The lowest BCUT2D eigenvalue weighted by Gasteiger charge is -2.26. The summed E-state index contributed by atoms with van der Waals surface area (Å²) < 4.78 is 31.8. The molecule has 1 fully saturated rings. The highest BCUT2D eigenvalue weighted by molar-refractivity contribution is 7.89. The second-order valence-electron chi connectivity index (χ2n) is 6.14. The molecule has 2 aromatic rings. The average Bonchev–Trinajstić information content (AvgIpc) is 2.65. The molecule has 0 amide bonds. The number of benzene rings is 2. The molecule has 0 radical (unpaired) electrons. The summed E-state index contributed by atoms with van der Waals surface area (Å²) in [5.74, 6) is 0.103.